The lowest BCUT2D eigenvalue weighted by Gasteiger charge is -2.29. The summed E-state index contributed by atoms with van der Waals surface area (Å²) in [5.74, 6) is -0.132. The van der Waals surface area contributed by atoms with Gasteiger partial charge in [-0.3, -0.25) is 9.69 Å². The van der Waals surface area contributed by atoms with Crippen molar-refractivity contribution < 1.29 is 19.1 Å². The number of carbonyl (C=O) groups excluding carboxylic acids is 1. The zero-order chi connectivity index (χ0) is 14.4. The molecule has 0 radical (unpaired) electrons. The van der Waals surface area contributed by atoms with Crippen molar-refractivity contribution in [1.82, 2.24) is 9.80 Å². The normalized spacial score (nSPS) is 16.3. The predicted molar refractivity (Wildman–Crippen MR) is 76.7 cm³/mol. The molecule has 1 saturated heterocycles. The van der Waals surface area contributed by atoms with Crippen molar-refractivity contribution >= 4 is 21.8 Å². The first-order valence-electron chi connectivity index (χ1n) is 6.65. The third-order valence-corrected chi connectivity index (χ3v) is 3.91. The van der Waals surface area contributed by atoms with Gasteiger partial charge in [0.1, 0.15) is 0 Å². The summed E-state index contributed by atoms with van der Waals surface area (Å²) in [6.45, 7) is 4.88. The van der Waals surface area contributed by atoms with E-state index in [9.17, 15) is 4.79 Å². The van der Waals surface area contributed by atoms with Crippen LogP contribution in [-0.2, 0) is 4.74 Å². The van der Waals surface area contributed by atoms with Crippen molar-refractivity contribution in [2.75, 3.05) is 52.5 Å². The number of hydrogen-bond acceptors (Lipinski definition) is 5. The van der Waals surface area contributed by atoms with Gasteiger partial charge in [-0.2, -0.15) is 0 Å². The largest absolute Gasteiger partial charge is 0.457 e. The fraction of sp³-hybridized carbons (Fsp3) is 0.615. The standard InChI is InChI=1S/C13H19BrN2O4/c14-12-11(1-8-20-12)13(18)16(4-7-17)3-2-15-5-9-19-10-6-15/h1,8,17H,2-7,9-10H2. The third kappa shape index (κ3) is 4.05. The van der Waals surface area contributed by atoms with E-state index in [2.05, 4.69) is 20.8 Å². The first-order valence-corrected chi connectivity index (χ1v) is 7.45. The first kappa shape index (κ1) is 15.5. The summed E-state index contributed by atoms with van der Waals surface area (Å²) in [4.78, 5) is 16.3. The SMILES string of the molecule is O=C(c1ccoc1Br)N(CCO)CCN1CCOCC1. The maximum Gasteiger partial charge on any atom is 0.258 e. The third-order valence-electron chi connectivity index (χ3n) is 3.30. The van der Waals surface area contributed by atoms with Crippen molar-refractivity contribution in [1.29, 1.82) is 0 Å². The Morgan fingerprint density at radius 2 is 2.15 bits per heavy atom. The van der Waals surface area contributed by atoms with Gasteiger partial charge in [-0.05, 0) is 22.0 Å². The molecule has 2 rings (SSSR count). The number of amides is 1. The van der Waals surface area contributed by atoms with Gasteiger partial charge in [-0.25, -0.2) is 0 Å². The zero-order valence-electron chi connectivity index (χ0n) is 11.3. The van der Waals surface area contributed by atoms with Gasteiger partial charge in [0.05, 0.1) is 31.6 Å². The predicted octanol–water partition coefficient (Wildman–Crippen LogP) is 0.809. The molecule has 0 aliphatic carbocycles. The number of aliphatic hydroxyl groups is 1. The van der Waals surface area contributed by atoms with Crippen LogP contribution in [0.5, 0.6) is 0 Å². The average Bonchev–Trinajstić information content (AvgIpc) is 2.90. The molecular weight excluding hydrogens is 328 g/mol. The second-order valence-electron chi connectivity index (χ2n) is 4.58. The number of aliphatic hydroxyl groups excluding tert-OH is 1. The Kier molecular flexibility index (Phi) is 6.03. The van der Waals surface area contributed by atoms with Crippen LogP contribution < -0.4 is 0 Å². The number of ether oxygens (including phenoxy) is 1. The minimum atomic E-state index is -0.132. The van der Waals surface area contributed by atoms with Gasteiger partial charge in [0.15, 0.2) is 4.67 Å². The number of hydrogen-bond donors (Lipinski definition) is 1. The molecule has 1 aromatic rings. The van der Waals surface area contributed by atoms with Gasteiger partial charge in [-0.1, -0.05) is 0 Å². The molecule has 0 saturated carbocycles. The maximum absolute atomic E-state index is 12.4. The van der Waals surface area contributed by atoms with E-state index in [1.165, 1.54) is 6.26 Å². The van der Waals surface area contributed by atoms with Gasteiger partial charge in [0.25, 0.3) is 5.91 Å². The Bertz CT molecular complexity index is 432. The second-order valence-corrected chi connectivity index (χ2v) is 5.30. The van der Waals surface area contributed by atoms with E-state index in [1.807, 2.05) is 0 Å². The molecule has 20 heavy (non-hydrogen) atoms. The Balaban J connectivity index is 1.92. The van der Waals surface area contributed by atoms with Crippen molar-refractivity contribution in [3.63, 3.8) is 0 Å². The number of carbonyl (C=O) groups is 1. The van der Waals surface area contributed by atoms with Crippen molar-refractivity contribution in [3.05, 3.63) is 22.6 Å². The van der Waals surface area contributed by atoms with Crippen LogP contribution in [0, 0.1) is 0 Å². The van der Waals surface area contributed by atoms with Crippen LogP contribution >= 0.6 is 15.9 Å². The Labute approximate surface area is 126 Å². The molecule has 7 heteroatoms. The van der Waals surface area contributed by atoms with E-state index in [0.717, 1.165) is 32.8 Å². The molecule has 0 unspecified atom stereocenters. The summed E-state index contributed by atoms with van der Waals surface area (Å²) in [6, 6.07) is 1.63. The number of halogens is 1. The minimum Gasteiger partial charge on any atom is -0.457 e. The quantitative estimate of drug-likeness (QED) is 0.825. The molecule has 1 aliphatic rings. The molecule has 1 aliphatic heterocycles. The highest BCUT2D eigenvalue weighted by Gasteiger charge is 2.21. The summed E-state index contributed by atoms with van der Waals surface area (Å²) < 4.78 is 10.8. The molecule has 0 aromatic carbocycles. The van der Waals surface area contributed by atoms with Gasteiger partial charge >= 0.3 is 0 Å². The molecule has 2 heterocycles. The monoisotopic (exact) mass is 346 g/mol. The first-order chi connectivity index (χ1) is 9.72. The lowest BCUT2D eigenvalue weighted by atomic mass is 10.3. The number of rotatable bonds is 6. The fourth-order valence-corrected chi connectivity index (χ4v) is 2.55. The molecule has 0 atom stereocenters. The Morgan fingerprint density at radius 3 is 2.75 bits per heavy atom. The van der Waals surface area contributed by atoms with E-state index in [1.54, 1.807) is 11.0 Å². The highest BCUT2D eigenvalue weighted by Crippen LogP contribution is 2.19. The Hall–Kier alpha value is -0.890. The highest BCUT2D eigenvalue weighted by molar-refractivity contribution is 9.10. The minimum absolute atomic E-state index is 0.0513. The smallest absolute Gasteiger partial charge is 0.258 e. The van der Waals surface area contributed by atoms with Gasteiger partial charge in [-0.15, -0.1) is 0 Å². The Morgan fingerprint density at radius 1 is 1.40 bits per heavy atom. The topological polar surface area (TPSA) is 66.2 Å². The lowest BCUT2D eigenvalue weighted by molar-refractivity contribution is 0.0315. The van der Waals surface area contributed by atoms with Crippen LogP contribution in [0.15, 0.2) is 21.4 Å². The molecule has 0 spiro atoms. The van der Waals surface area contributed by atoms with Crippen LogP contribution in [0.2, 0.25) is 0 Å². The zero-order valence-corrected chi connectivity index (χ0v) is 12.8. The highest BCUT2D eigenvalue weighted by atomic mass is 79.9. The fourth-order valence-electron chi connectivity index (χ4n) is 2.14. The van der Waals surface area contributed by atoms with E-state index in [0.29, 0.717) is 23.3 Å². The van der Waals surface area contributed by atoms with E-state index in [-0.39, 0.29) is 12.5 Å². The van der Waals surface area contributed by atoms with Crippen LogP contribution in [0.3, 0.4) is 0 Å². The van der Waals surface area contributed by atoms with E-state index < -0.39 is 0 Å². The maximum atomic E-state index is 12.4. The van der Waals surface area contributed by atoms with Gasteiger partial charge in [0.2, 0.25) is 0 Å². The van der Waals surface area contributed by atoms with Crippen molar-refractivity contribution in [2.24, 2.45) is 0 Å². The average molecular weight is 347 g/mol. The van der Waals surface area contributed by atoms with E-state index in [4.69, 9.17) is 14.3 Å². The molecule has 1 aromatic heterocycles. The van der Waals surface area contributed by atoms with Crippen LogP contribution in [-0.4, -0.2) is 73.4 Å². The van der Waals surface area contributed by atoms with Crippen LogP contribution in [0.1, 0.15) is 10.4 Å². The second kappa shape index (κ2) is 7.78. The summed E-state index contributed by atoms with van der Waals surface area (Å²) >= 11 is 3.21. The van der Waals surface area contributed by atoms with Gasteiger partial charge in [0, 0.05) is 32.7 Å². The summed E-state index contributed by atoms with van der Waals surface area (Å²) in [5, 5.41) is 9.13. The summed E-state index contributed by atoms with van der Waals surface area (Å²) in [5.41, 5.74) is 0.487. The van der Waals surface area contributed by atoms with Gasteiger partial charge < -0.3 is 19.2 Å². The van der Waals surface area contributed by atoms with Crippen molar-refractivity contribution in [2.45, 2.75) is 0 Å². The molecule has 1 amide bonds. The number of morpholine rings is 1. The molecule has 6 nitrogen and oxygen atoms in total. The molecule has 0 bridgehead atoms. The summed E-state index contributed by atoms with van der Waals surface area (Å²) in [6.07, 6.45) is 1.47. The van der Waals surface area contributed by atoms with Crippen LogP contribution in [0.25, 0.3) is 0 Å². The molecule has 1 N–H and O–H groups in total. The molecule has 112 valence electrons. The molecule has 1 fully saturated rings. The number of nitrogens with zero attached hydrogens (tertiary/aromatic N) is 2. The van der Waals surface area contributed by atoms with E-state index >= 15 is 0 Å². The molecular formula is C13H19BrN2O4. The lowest BCUT2D eigenvalue weighted by Crippen LogP contribution is -2.43. The number of furan rings is 1. The van der Waals surface area contributed by atoms with Crippen LogP contribution in [0.4, 0.5) is 0 Å². The summed E-state index contributed by atoms with van der Waals surface area (Å²) in [7, 11) is 0. The van der Waals surface area contributed by atoms with Crippen molar-refractivity contribution in [3.8, 4) is 0 Å².